The molecule has 130 valence electrons. The van der Waals surface area contributed by atoms with Crippen molar-refractivity contribution in [1.29, 1.82) is 0 Å². The Kier molecular flexibility index (Phi) is 3.59. The van der Waals surface area contributed by atoms with Gasteiger partial charge in [-0.05, 0) is 49.8 Å². The summed E-state index contributed by atoms with van der Waals surface area (Å²) >= 11 is 0. The van der Waals surface area contributed by atoms with Crippen LogP contribution in [0.5, 0.6) is 0 Å². The van der Waals surface area contributed by atoms with Crippen molar-refractivity contribution in [2.24, 2.45) is 5.92 Å². The number of para-hydroxylation sites is 1. The maximum atomic E-state index is 13.2. The highest BCUT2D eigenvalue weighted by molar-refractivity contribution is 6.05. The van der Waals surface area contributed by atoms with Gasteiger partial charge in [0.25, 0.3) is 5.91 Å². The van der Waals surface area contributed by atoms with Gasteiger partial charge in [-0.25, -0.2) is 0 Å². The maximum Gasteiger partial charge on any atom is 0.280 e. The molecule has 6 nitrogen and oxygen atoms in total. The number of aromatic nitrogens is 3. The third-order valence-electron chi connectivity index (χ3n) is 5.69. The standard InChI is InChI=1S/C19H23N5O/c25-19(17-13-23(21-20-17)10-14-7-8-14)24-12-16-5-3-9-22(16)11-15-4-1-2-6-18(15)24/h1-2,4,6,13-14,16H,3,5,7-12H2. The van der Waals surface area contributed by atoms with Gasteiger partial charge in [-0.1, -0.05) is 23.4 Å². The smallest absolute Gasteiger partial charge is 0.280 e. The van der Waals surface area contributed by atoms with Crippen LogP contribution in [0.2, 0.25) is 0 Å². The fraction of sp³-hybridized carbons (Fsp3) is 0.526. The molecule has 1 aromatic heterocycles. The molecule has 1 unspecified atom stereocenters. The molecule has 5 rings (SSSR count). The van der Waals surface area contributed by atoms with Gasteiger partial charge in [-0.15, -0.1) is 5.10 Å². The SMILES string of the molecule is O=C(c1cn(CC2CC2)nn1)N1CC2CCCN2Cc2ccccc21. The van der Waals surface area contributed by atoms with Crippen molar-refractivity contribution in [1.82, 2.24) is 19.9 Å². The van der Waals surface area contributed by atoms with Gasteiger partial charge in [-0.3, -0.25) is 14.4 Å². The number of hydrogen-bond donors (Lipinski definition) is 0. The summed E-state index contributed by atoms with van der Waals surface area (Å²) in [6, 6.07) is 8.71. The van der Waals surface area contributed by atoms with Crippen molar-refractivity contribution in [2.75, 3.05) is 18.0 Å². The predicted molar refractivity (Wildman–Crippen MR) is 94.3 cm³/mol. The summed E-state index contributed by atoms with van der Waals surface area (Å²) in [6.07, 6.45) is 6.72. The summed E-state index contributed by atoms with van der Waals surface area (Å²) in [5, 5.41) is 8.34. The molecule has 1 aromatic carbocycles. The number of carbonyl (C=O) groups is 1. The van der Waals surface area contributed by atoms with E-state index in [9.17, 15) is 4.79 Å². The molecule has 6 heteroatoms. The Morgan fingerprint density at radius 2 is 2.08 bits per heavy atom. The molecule has 0 N–H and O–H groups in total. The Balaban J connectivity index is 1.46. The van der Waals surface area contributed by atoms with Crippen LogP contribution >= 0.6 is 0 Å². The zero-order chi connectivity index (χ0) is 16.8. The van der Waals surface area contributed by atoms with E-state index < -0.39 is 0 Å². The highest BCUT2D eigenvalue weighted by Gasteiger charge is 2.34. The summed E-state index contributed by atoms with van der Waals surface area (Å²) in [5.74, 6) is 0.693. The second-order valence-electron chi connectivity index (χ2n) is 7.58. The lowest BCUT2D eigenvalue weighted by Crippen LogP contribution is -2.40. The van der Waals surface area contributed by atoms with Crippen molar-refractivity contribution in [2.45, 2.75) is 44.8 Å². The fourth-order valence-electron chi connectivity index (χ4n) is 4.13. The Morgan fingerprint density at radius 1 is 1.20 bits per heavy atom. The van der Waals surface area contributed by atoms with Crippen molar-refractivity contribution < 1.29 is 4.79 Å². The topological polar surface area (TPSA) is 54.3 Å². The molecule has 1 aliphatic carbocycles. The van der Waals surface area contributed by atoms with Gasteiger partial charge in [0.15, 0.2) is 5.69 Å². The van der Waals surface area contributed by atoms with Crippen molar-refractivity contribution in [3.05, 3.63) is 41.7 Å². The van der Waals surface area contributed by atoms with E-state index in [0.717, 1.165) is 44.2 Å². The molecule has 1 saturated carbocycles. The second-order valence-corrected chi connectivity index (χ2v) is 7.58. The second kappa shape index (κ2) is 5.95. The molecule has 0 radical (unpaired) electrons. The number of rotatable bonds is 3. The first-order valence-corrected chi connectivity index (χ1v) is 9.32. The van der Waals surface area contributed by atoms with Crippen LogP contribution in [0.25, 0.3) is 0 Å². The molecule has 1 amide bonds. The van der Waals surface area contributed by atoms with Crippen molar-refractivity contribution in [3.8, 4) is 0 Å². The Bertz CT molecular complexity index is 797. The van der Waals surface area contributed by atoms with E-state index >= 15 is 0 Å². The third-order valence-corrected chi connectivity index (χ3v) is 5.69. The van der Waals surface area contributed by atoms with E-state index in [1.807, 2.05) is 21.8 Å². The Morgan fingerprint density at radius 3 is 2.96 bits per heavy atom. The number of carbonyl (C=O) groups excluding carboxylic acids is 1. The summed E-state index contributed by atoms with van der Waals surface area (Å²) in [4.78, 5) is 17.6. The number of amides is 1. The van der Waals surface area contributed by atoms with Crippen LogP contribution < -0.4 is 4.90 Å². The highest BCUT2D eigenvalue weighted by Crippen LogP contribution is 2.32. The first-order chi connectivity index (χ1) is 12.3. The molecule has 2 aliphatic heterocycles. The van der Waals surface area contributed by atoms with Gasteiger partial charge in [-0.2, -0.15) is 0 Å². The molecule has 0 spiro atoms. The van der Waals surface area contributed by atoms with Crippen LogP contribution in [0.3, 0.4) is 0 Å². The average Bonchev–Trinajstić information content (AvgIpc) is 3.18. The first kappa shape index (κ1) is 15.1. The van der Waals surface area contributed by atoms with E-state index in [0.29, 0.717) is 11.7 Å². The van der Waals surface area contributed by atoms with Crippen LogP contribution in [0.1, 0.15) is 41.7 Å². The van der Waals surface area contributed by atoms with Gasteiger partial charge in [0.1, 0.15) is 0 Å². The first-order valence-electron chi connectivity index (χ1n) is 9.32. The number of nitrogens with zero attached hydrogens (tertiary/aromatic N) is 5. The minimum atomic E-state index is -0.0248. The predicted octanol–water partition coefficient (Wildman–Crippen LogP) is 2.31. The zero-order valence-electron chi connectivity index (χ0n) is 14.3. The van der Waals surface area contributed by atoms with E-state index in [2.05, 4.69) is 33.4 Å². The minimum absolute atomic E-state index is 0.0248. The van der Waals surface area contributed by atoms with Crippen LogP contribution in [-0.4, -0.2) is 44.9 Å². The number of hydrogen-bond acceptors (Lipinski definition) is 4. The number of benzene rings is 1. The lowest BCUT2D eigenvalue weighted by molar-refractivity contribution is 0.0976. The van der Waals surface area contributed by atoms with Gasteiger partial charge in [0.2, 0.25) is 0 Å². The quantitative estimate of drug-likeness (QED) is 0.862. The molecule has 3 heterocycles. The average molecular weight is 337 g/mol. The third kappa shape index (κ3) is 2.84. The molecule has 3 aliphatic rings. The van der Waals surface area contributed by atoms with Gasteiger partial charge in [0.05, 0.1) is 6.20 Å². The highest BCUT2D eigenvalue weighted by atomic mass is 16.2. The molecular weight excluding hydrogens is 314 g/mol. The molecule has 0 bridgehead atoms. The van der Waals surface area contributed by atoms with Crippen LogP contribution in [0.4, 0.5) is 5.69 Å². The molecule has 25 heavy (non-hydrogen) atoms. The zero-order valence-corrected chi connectivity index (χ0v) is 14.3. The normalized spacial score (nSPS) is 23.2. The monoisotopic (exact) mass is 337 g/mol. The number of anilines is 1. The molecule has 2 aromatic rings. The van der Waals surface area contributed by atoms with Gasteiger partial charge >= 0.3 is 0 Å². The molecule has 1 atom stereocenters. The van der Waals surface area contributed by atoms with Crippen LogP contribution in [0.15, 0.2) is 30.5 Å². The van der Waals surface area contributed by atoms with Crippen LogP contribution in [-0.2, 0) is 13.1 Å². The van der Waals surface area contributed by atoms with Crippen LogP contribution in [0, 0.1) is 5.92 Å². The Hall–Kier alpha value is -2.21. The molecule has 1 saturated heterocycles. The van der Waals surface area contributed by atoms with E-state index in [1.165, 1.54) is 24.8 Å². The summed E-state index contributed by atoms with van der Waals surface area (Å²) in [5.41, 5.74) is 2.71. The van der Waals surface area contributed by atoms with Crippen molar-refractivity contribution in [3.63, 3.8) is 0 Å². The molecule has 2 fully saturated rings. The van der Waals surface area contributed by atoms with Crippen molar-refractivity contribution >= 4 is 11.6 Å². The summed E-state index contributed by atoms with van der Waals surface area (Å²) < 4.78 is 1.83. The summed E-state index contributed by atoms with van der Waals surface area (Å²) in [7, 11) is 0. The Labute approximate surface area is 147 Å². The number of fused-ring (bicyclic) bond motifs is 2. The largest absolute Gasteiger partial charge is 0.305 e. The van der Waals surface area contributed by atoms with Gasteiger partial charge < -0.3 is 4.90 Å². The molecular formula is C19H23N5O. The van der Waals surface area contributed by atoms with E-state index in [-0.39, 0.29) is 5.91 Å². The lowest BCUT2D eigenvalue weighted by Gasteiger charge is -2.25. The lowest BCUT2D eigenvalue weighted by atomic mass is 10.1. The minimum Gasteiger partial charge on any atom is -0.305 e. The van der Waals surface area contributed by atoms with E-state index in [4.69, 9.17) is 0 Å². The van der Waals surface area contributed by atoms with E-state index in [1.54, 1.807) is 0 Å². The van der Waals surface area contributed by atoms with Gasteiger partial charge in [0, 0.05) is 31.4 Å². The maximum absolute atomic E-state index is 13.2. The fourth-order valence-corrected chi connectivity index (χ4v) is 4.13. The summed E-state index contributed by atoms with van der Waals surface area (Å²) in [6.45, 7) is 3.68.